The molecule has 5 heteroatoms. The number of ether oxygens (including phenoxy) is 1. The topological polar surface area (TPSA) is 38.3 Å². The van der Waals surface area contributed by atoms with Gasteiger partial charge in [-0.05, 0) is 20.4 Å². The van der Waals surface area contributed by atoms with Crippen molar-refractivity contribution in [1.29, 1.82) is 0 Å². The number of hydrogen-bond donors (Lipinski definition) is 1. The van der Waals surface area contributed by atoms with E-state index >= 15 is 0 Å². The van der Waals surface area contributed by atoms with E-state index in [0.29, 0.717) is 0 Å². The molecule has 0 aromatic carbocycles. The molecule has 0 radical (unpaired) electrons. The Morgan fingerprint density at radius 1 is 1.62 bits per heavy atom. The number of hydrogen-bond acceptors (Lipinski definition) is 3. The van der Waals surface area contributed by atoms with Gasteiger partial charge >= 0.3 is 5.97 Å². The van der Waals surface area contributed by atoms with Gasteiger partial charge in [0.15, 0.2) is 0 Å². The maximum atomic E-state index is 12.4. The van der Waals surface area contributed by atoms with Crippen LogP contribution in [0.15, 0.2) is 0 Å². The predicted octanol–water partition coefficient (Wildman–Crippen LogP) is 1.18. The molecule has 3 nitrogen and oxygen atoms in total. The third-order valence-electron chi connectivity index (χ3n) is 1.71. The van der Waals surface area contributed by atoms with Crippen LogP contribution < -0.4 is 5.32 Å². The molecule has 13 heavy (non-hydrogen) atoms. The first-order valence-electron chi connectivity index (χ1n) is 4.03. The number of likely N-dealkylation sites (N-methyl/N-ethyl adjacent to an activating group) is 1. The first-order chi connectivity index (χ1) is 5.90. The molecule has 1 atom stereocenters. The van der Waals surface area contributed by atoms with Crippen LogP contribution >= 0.6 is 0 Å². The molecule has 0 aliphatic rings. The van der Waals surface area contributed by atoms with Gasteiger partial charge in [0.05, 0.1) is 7.11 Å². The second-order valence-corrected chi connectivity index (χ2v) is 2.97. The summed E-state index contributed by atoms with van der Waals surface area (Å²) in [5.41, 5.74) is 0. The maximum Gasteiger partial charge on any atom is 0.322 e. The van der Waals surface area contributed by atoms with Crippen LogP contribution in [0.2, 0.25) is 0 Å². The molecule has 0 rings (SSSR count). The number of rotatable bonds is 5. The van der Waals surface area contributed by atoms with Gasteiger partial charge in [0.1, 0.15) is 6.04 Å². The van der Waals surface area contributed by atoms with Crippen LogP contribution in [0.1, 0.15) is 19.8 Å². The highest BCUT2D eigenvalue weighted by molar-refractivity contribution is 5.75. The van der Waals surface area contributed by atoms with Crippen LogP contribution in [0.25, 0.3) is 0 Å². The highest BCUT2D eigenvalue weighted by Gasteiger charge is 2.25. The van der Waals surface area contributed by atoms with Crippen molar-refractivity contribution in [3.63, 3.8) is 0 Å². The summed E-state index contributed by atoms with van der Waals surface area (Å²) in [6.07, 6.45) is -0.250. The second kappa shape index (κ2) is 5.11. The molecule has 0 aromatic heterocycles. The van der Waals surface area contributed by atoms with E-state index in [0.717, 1.165) is 6.92 Å². The van der Waals surface area contributed by atoms with Crippen molar-refractivity contribution in [2.24, 2.45) is 0 Å². The van der Waals surface area contributed by atoms with Crippen LogP contribution in [-0.2, 0) is 9.53 Å². The summed E-state index contributed by atoms with van der Waals surface area (Å²) in [4.78, 5) is 10.9. The molecule has 0 aliphatic carbocycles. The van der Waals surface area contributed by atoms with Gasteiger partial charge in [-0.25, -0.2) is 8.78 Å². The molecule has 0 bridgehead atoms. The van der Waals surface area contributed by atoms with Gasteiger partial charge in [0.25, 0.3) is 0 Å². The Hall–Kier alpha value is -0.710. The van der Waals surface area contributed by atoms with E-state index in [-0.39, 0.29) is 12.8 Å². The van der Waals surface area contributed by atoms with E-state index in [2.05, 4.69) is 10.1 Å². The Morgan fingerprint density at radius 3 is 2.46 bits per heavy atom. The molecule has 0 aromatic rings. The van der Waals surface area contributed by atoms with E-state index in [1.54, 1.807) is 0 Å². The molecule has 0 fully saturated rings. The van der Waals surface area contributed by atoms with Crippen LogP contribution in [0.4, 0.5) is 8.78 Å². The molecule has 1 unspecified atom stereocenters. The highest BCUT2D eigenvalue weighted by Crippen LogP contribution is 2.19. The minimum Gasteiger partial charge on any atom is -0.468 e. The second-order valence-electron chi connectivity index (χ2n) is 2.97. The fraction of sp³-hybridized carbons (Fsp3) is 0.875. The molecule has 0 amide bonds. The van der Waals surface area contributed by atoms with Gasteiger partial charge < -0.3 is 10.1 Å². The van der Waals surface area contributed by atoms with Crippen LogP contribution in [0, 0.1) is 0 Å². The molecular weight excluding hydrogens is 180 g/mol. The summed E-state index contributed by atoms with van der Waals surface area (Å²) in [6, 6.07) is -0.643. The smallest absolute Gasteiger partial charge is 0.322 e. The van der Waals surface area contributed by atoms with Crippen molar-refractivity contribution >= 4 is 5.97 Å². The average Bonchev–Trinajstić information content (AvgIpc) is 2.03. The zero-order valence-electron chi connectivity index (χ0n) is 8.06. The number of esters is 1. The summed E-state index contributed by atoms with van der Waals surface area (Å²) in [5.74, 6) is -3.24. The molecule has 0 saturated carbocycles. The number of alkyl halides is 2. The Balaban J connectivity index is 3.93. The average molecular weight is 195 g/mol. The van der Waals surface area contributed by atoms with E-state index < -0.39 is 17.9 Å². The largest absolute Gasteiger partial charge is 0.468 e. The minimum absolute atomic E-state index is 0.0761. The first-order valence-corrected chi connectivity index (χ1v) is 4.03. The highest BCUT2D eigenvalue weighted by atomic mass is 19.3. The number of methoxy groups -OCH3 is 1. The number of carbonyl (C=O) groups is 1. The SMILES string of the molecule is CNC(CCC(C)(F)F)C(=O)OC. The van der Waals surface area contributed by atoms with E-state index in [4.69, 9.17) is 0 Å². The molecule has 1 N–H and O–H groups in total. The standard InChI is InChI=1S/C8H15F2NO2/c1-8(9,10)5-4-6(11-2)7(12)13-3/h6,11H,4-5H2,1-3H3. The van der Waals surface area contributed by atoms with E-state index in [1.807, 2.05) is 0 Å². The lowest BCUT2D eigenvalue weighted by Gasteiger charge is -2.16. The summed E-state index contributed by atoms with van der Waals surface area (Å²) < 4.78 is 29.2. The summed E-state index contributed by atoms with van der Waals surface area (Å²) >= 11 is 0. The van der Waals surface area contributed by atoms with Gasteiger partial charge in [0.2, 0.25) is 5.92 Å². The van der Waals surface area contributed by atoms with E-state index in [1.165, 1.54) is 14.2 Å². The Labute approximate surface area is 76.4 Å². The quantitative estimate of drug-likeness (QED) is 0.669. The molecule has 0 heterocycles. The fourth-order valence-electron chi connectivity index (χ4n) is 0.920. The normalized spacial score (nSPS) is 13.9. The predicted molar refractivity (Wildman–Crippen MR) is 44.7 cm³/mol. The van der Waals surface area contributed by atoms with Gasteiger partial charge in [0, 0.05) is 6.42 Å². The summed E-state index contributed by atoms with van der Waals surface area (Å²) in [5, 5.41) is 2.62. The number of carbonyl (C=O) groups excluding carboxylic acids is 1. The lowest BCUT2D eigenvalue weighted by molar-refractivity contribution is -0.143. The maximum absolute atomic E-state index is 12.4. The van der Waals surface area contributed by atoms with Crippen LogP contribution in [0.3, 0.4) is 0 Å². The molecule has 0 saturated heterocycles. The van der Waals surface area contributed by atoms with Crippen molar-refractivity contribution in [2.45, 2.75) is 31.7 Å². The lowest BCUT2D eigenvalue weighted by Crippen LogP contribution is -2.36. The Morgan fingerprint density at radius 2 is 2.15 bits per heavy atom. The molecule has 0 spiro atoms. The number of halogens is 2. The zero-order valence-corrected chi connectivity index (χ0v) is 8.06. The van der Waals surface area contributed by atoms with Gasteiger partial charge in [-0.1, -0.05) is 0 Å². The monoisotopic (exact) mass is 195 g/mol. The first kappa shape index (κ1) is 12.3. The van der Waals surface area contributed by atoms with Crippen LogP contribution in [0.5, 0.6) is 0 Å². The molecule has 0 aliphatic heterocycles. The van der Waals surface area contributed by atoms with E-state index in [9.17, 15) is 13.6 Å². The van der Waals surface area contributed by atoms with Crippen LogP contribution in [-0.4, -0.2) is 32.1 Å². The number of nitrogens with one attached hydrogen (secondary N) is 1. The lowest BCUT2D eigenvalue weighted by atomic mass is 10.1. The minimum atomic E-state index is -2.73. The Kier molecular flexibility index (Phi) is 4.83. The van der Waals surface area contributed by atoms with Crippen molar-refractivity contribution in [3.05, 3.63) is 0 Å². The Bertz CT molecular complexity index is 168. The zero-order chi connectivity index (χ0) is 10.5. The third kappa shape index (κ3) is 5.52. The summed E-state index contributed by atoms with van der Waals surface area (Å²) in [6.45, 7) is 0.830. The van der Waals surface area contributed by atoms with Crippen molar-refractivity contribution in [2.75, 3.05) is 14.2 Å². The molecule has 78 valence electrons. The van der Waals surface area contributed by atoms with Crippen molar-refractivity contribution in [1.82, 2.24) is 5.32 Å². The van der Waals surface area contributed by atoms with Crippen molar-refractivity contribution in [3.8, 4) is 0 Å². The van der Waals surface area contributed by atoms with Gasteiger partial charge in [-0.2, -0.15) is 0 Å². The third-order valence-corrected chi connectivity index (χ3v) is 1.71. The molecular formula is C8H15F2NO2. The summed E-state index contributed by atoms with van der Waals surface area (Å²) in [7, 11) is 2.77. The van der Waals surface area contributed by atoms with Gasteiger partial charge in [-0.15, -0.1) is 0 Å². The van der Waals surface area contributed by atoms with Gasteiger partial charge in [-0.3, -0.25) is 4.79 Å². The fourth-order valence-corrected chi connectivity index (χ4v) is 0.920. The van der Waals surface area contributed by atoms with Crippen molar-refractivity contribution < 1.29 is 18.3 Å².